The monoisotopic (exact) mass is 389 g/mol. The van der Waals surface area contributed by atoms with Crippen LogP contribution in [0.25, 0.3) is 0 Å². The highest BCUT2D eigenvalue weighted by atomic mass is 16.5. The Balaban J connectivity index is 1.52. The highest BCUT2D eigenvalue weighted by Crippen LogP contribution is 2.28. The maximum absolute atomic E-state index is 12.6. The molecule has 2 N–H and O–H groups in total. The summed E-state index contributed by atoms with van der Waals surface area (Å²) in [5, 5.41) is 6.20. The van der Waals surface area contributed by atoms with Gasteiger partial charge in [-0.1, -0.05) is 24.3 Å². The number of hydrogen-bond acceptors (Lipinski definition) is 6. The highest BCUT2D eigenvalue weighted by molar-refractivity contribution is 6.03. The Morgan fingerprint density at radius 1 is 1.03 bits per heavy atom. The number of carbonyl (C=O) groups excluding carboxylic acids is 1. The van der Waals surface area contributed by atoms with Crippen molar-refractivity contribution in [3.05, 3.63) is 72.2 Å². The van der Waals surface area contributed by atoms with Crippen LogP contribution in [0.3, 0.4) is 0 Å². The standard InChI is InChI=1S/C22H23N5O2/c1-16-5-4-6-17(13-16)25-22(28)19-14-21(24-15-23-19)26-18-7-2-3-8-20(18)27-9-11-29-12-10-27/h2-8,13-15H,9-12H2,1H3,(H,25,28)(H,23,24,26). The number of nitrogens with one attached hydrogen (secondary N) is 2. The van der Waals surface area contributed by atoms with Gasteiger partial charge in [-0.15, -0.1) is 0 Å². The average molecular weight is 389 g/mol. The molecule has 1 aliphatic heterocycles. The van der Waals surface area contributed by atoms with Crippen molar-refractivity contribution < 1.29 is 9.53 Å². The zero-order valence-electron chi connectivity index (χ0n) is 16.3. The van der Waals surface area contributed by atoms with Gasteiger partial charge in [-0.3, -0.25) is 4.79 Å². The van der Waals surface area contributed by atoms with Crippen molar-refractivity contribution in [2.75, 3.05) is 41.8 Å². The van der Waals surface area contributed by atoms with Crippen molar-refractivity contribution in [1.82, 2.24) is 9.97 Å². The van der Waals surface area contributed by atoms with E-state index in [1.165, 1.54) is 6.33 Å². The first-order valence-electron chi connectivity index (χ1n) is 9.58. The molecule has 3 aromatic rings. The molecule has 1 aliphatic rings. The first-order valence-corrected chi connectivity index (χ1v) is 9.58. The number of ether oxygens (including phenoxy) is 1. The quantitative estimate of drug-likeness (QED) is 0.694. The SMILES string of the molecule is Cc1cccc(NC(=O)c2cc(Nc3ccccc3N3CCOCC3)ncn2)c1. The van der Waals surface area contributed by atoms with Gasteiger partial charge in [0.1, 0.15) is 17.8 Å². The summed E-state index contributed by atoms with van der Waals surface area (Å²) in [7, 11) is 0. The van der Waals surface area contributed by atoms with Crippen LogP contribution in [-0.4, -0.2) is 42.2 Å². The number of carbonyl (C=O) groups is 1. The molecular weight excluding hydrogens is 366 g/mol. The number of amides is 1. The van der Waals surface area contributed by atoms with Crippen molar-refractivity contribution in [1.29, 1.82) is 0 Å². The molecule has 0 saturated carbocycles. The van der Waals surface area contributed by atoms with Crippen LogP contribution in [0.4, 0.5) is 22.9 Å². The summed E-state index contributed by atoms with van der Waals surface area (Å²) in [6.45, 7) is 5.09. The Bertz CT molecular complexity index is 1000. The molecule has 0 atom stereocenters. The lowest BCUT2D eigenvalue weighted by Gasteiger charge is -2.30. The van der Waals surface area contributed by atoms with Gasteiger partial charge in [0.2, 0.25) is 0 Å². The van der Waals surface area contributed by atoms with Crippen LogP contribution in [0, 0.1) is 6.92 Å². The molecule has 1 amide bonds. The van der Waals surface area contributed by atoms with E-state index in [-0.39, 0.29) is 5.91 Å². The van der Waals surface area contributed by atoms with Crippen molar-refractivity contribution in [3.8, 4) is 0 Å². The fourth-order valence-corrected chi connectivity index (χ4v) is 3.27. The van der Waals surface area contributed by atoms with Gasteiger partial charge in [-0.2, -0.15) is 0 Å². The van der Waals surface area contributed by atoms with Crippen LogP contribution in [-0.2, 0) is 4.74 Å². The molecule has 4 rings (SSSR count). The number of nitrogens with zero attached hydrogens (tertiary/aromatic N) is 3. The van der Waals surface area contributed by atoms with E-state index in [0.29, 0.717) is 24.7 Å². The minimum Gasteiger partial charge on any atom is -0.378 e. The maximum atomic E-state index is 12.6. The molecular formula is C22H23N5O2. The van der Waals surface area contributed by atoms with Crippen molar-refractivity contribution >= 4 is 28.8 Å². The van der Waals surface area contributed by atoms with Crippen LogP contribution in [0.15, 0.2) is 60.9 Å². The Hall–Kier alpha value is -3.45. The molecule has 1 aromatic heterocycles. The van der Waals surface area contributed by atoms with E-state index in [2.05, 4.69) is 31.6 Å². The van der Waals surface area contributed by atoms with E-state index >= 15 is 0 Å². The van der Waals surface area contributed by atoms with Crippen LogP contribution < -0.4 is 15.5 Å². The number of benzene rings is 2. The lowest BCUT2D eigenvalue weighted by molar-refractivity contribution is 0.102. The zero-order chi connectivity index (χ0) is 20.1. The summed E-state index contributed by atoms with van der Waals surface area (Å²) < 4.78 is 5.45. The average Bonchev–Trinajstić information content (AvgIpc) is 2.75. The van der Waals surface area contributed by atoms with Gasteiger partial charge in [0.15, 0.2) is 0 Å². The summed E-state index contributed by atoms with van der Waals surface area (Å²) in [6.07, 6.45) is 1.39. The molecule has 0 unspecified atom stereocenters. The highest BCUT2D eigenvalue weighted by Gasteiger charge is 2.15. The second-order valence-corrected chi connectivity index (χ2v) is 6.85. The summed E-state index contributed by atoms with van der Waals surface area (Å²) >= 11 is 0. The second kappa shape index (κ2) is 8.70. The molecule has 148 valence electrons. The van der Waals surface area contributed by atoms with Crippen LogP contribution >= 0.6 is 0 Å². The molecule has 2 aromatic carbocycles. The topological polar surface area (TPSA) is 79.4 Å². The molecule has 1 fully saturated rings. The van der Waals surface area contributed by atoms with E-state index < -0.39 is 0 Å². The Morgan fingerprint density at radius 3 is 2.69 bits per heavy atom. The molecule has 2 heterocycles. The third-order valence-electron chi connectivity index (χ3n) is 4.69. The summed E-state index contributed by atoms with van der Waals surface area (Å²) in [5.74, 6) is 0.289. The summed E-state index contributed by atoms with van der Waals surface area (Å²) in [5.41, 5.74) is 4.12. The van der Waals surface area contributed by atoms with Gasteiger partial charge in [-0.05, 0) is 36.8 Å². The van der Waals surface area contributed by atoms with Crippen molar-refractivity contribution in [2.24, 2.45) is 0 Å². The third-order valence-corrected chi connectivity index (χ3v) is 4.69. The van der Waals surface area contributed by atoms with E-state index in [1.54, 1.807) is 6.07 Å². The Labute approximate surface area is 169 Å². The van der Waals surface area contributed by atoms with Gasteiger partial charge in [0.25, 0.3) is 5.91 Å². The van der Waals surface area contributed by atoms with Crippen LogP contribution in [0.5, 0.6) is 0 Å². The summed E-state index contributed by atoms with van der Waals surface area (Å²) in [6, 6.07) is 17.4. The normalized spacial score (nSPS) is 13.8. The lowest BCUT2D eigenvalue weighted by Crippen LogP contribution is -2.36. The van der Waals surface area contributed by atoms with Gasteiger partial charge < -0.3 is 20.3 Å². The molecule has 0 bridgehead atoms. The Morgan fingerprint density at radius 2 is 1.86 bits per heavy atom. The first-order chi connectivity index (χ1) is 14.2. The van der Waals surface area contributed by atoms with Crippen LogP contribution in [0.2, 0.25) is 0 Å². The molecule has 7 heteroatoms. The minimum atomic E-state index is -0.275. The molecule has 0 aliphatic carbocycles. The number of para-hydroxylation sites is 2. The number of morpholine rings is 1. The van der Waals surface area contributed by atoms with Gasteiger partial charge in [0, 0.05) is 24.8 Å². The predicted molar refractivity (Wildman–Crippen MR) is 114 cm³/mol. The first kappa shape index (κ1) is 18.9. The fourth-order valence-electron chi connectivity index (χ4n) is 3.27. The Kier molecular flexibility index (Phi) is 5.67. The molecule has 1 saturated heterocycles. The zero-order valence-corrected chi connectivity index (χ0v) is 16.3. The second-order valence-electron chi connectivity index (χ2n) is 6.85. The summed E-state index contributed by atoms with van der Waals surface area (Å²) in [4.78, 5) is 23.3. The number of anilines is 4. The maximum Gasteiger partial charge on any atom is 0.274 e. The van der Waals surface area contributed by atoms with Gasteiger partial charge in [0.05, 0.1) is 24.6 Å². The number of hydrogen-bond donors (Lipinski definition) is 2. The predicted octanol–water partition coefficient (Wildman–Crippen LogP) is 3.62. The van der Waals surface area contributed by atoms with Gasteiger partial charge in [-0.25, -0.2) is 9.97 Å². The molecule has 0 spiro atoms. The minimum absolute atomic E-state index is 0.275. The van der Waals surface area contributed by atoms with E-state index in [9.17, 15) is 4.79 Å². The van der Waals surface area contributed by atoms with E-state index in [1.807, 2.05) is 49.4 Å². The molecule has 0 radical (unpaired) electrons. The third kappa shape index (κ3) is 4.70. The number of aromatic nitrogens is 2. The smallest absolute Gasteiger partial charge is 0.274 e. The number of rotatable bonds is 5. The van der Waals surface area contributed by atoms with Crippen molar-refractivity contribution in [3.63, 3.8) is 0 Å². The van der Waals surface area contributed by atoms with Crippen LogP contribution in [0.1, 0.15) is 16.1 Å². The molecule has 7 nitrogen and oxygen atoms in total. The fraction of sp³-hybridized carbons (Fsp3) is 0.227. The van der Waals surface area contributed by atoms with Gasteiger partial charge >= 0.3 is 0 Å². The molecule has 29 heavy (non-hydrogen) atoms. The number of aryl methyl sites for hydroxylation is 1. The lowest BCUT2D eigenvalue weighted by atomic mass is 10.2. The van der Waals surface area contributed by atoms with E-state index in [0.717, 1.165) is 35.7 Å². The van der Waals surface area contributed by atoms with E-state index in [4.69, 9.17) is 4.74 Å². The van der Waals surface area contributed by atoms with Crippen molar-refractivity contribution in [2.45, 2.75) is 6.92 Å². The largest absolute Gasteiger partial charge is 0.378 e.